The zero-order valence-electron chi connectivity index (χ0n) is 15.1. The Kier molecular flexibility index (Phi) is 6.71. The summed E-state index contributed by atoms with van der Waals surface area (Å²) in [5, 5.41) is 5.65. The molecule has 0 spiro atoms. The van der Waals surface area contributed by atoms with Gasteiger partial charge in [-0.25, -0.2) is 0 Å². The Morgan fingerprint density at radius 1 is 0.880 bits per heavy atom. The summed E-state index contributed by atoms with van der Waals surface area (Å²) in [6, 6.07) is 15.6. The molecule has 2 amide bonds. The fraction of sp³-hybridized carbons (Fsp3) is 0.300. The van der Waals surface area contributed by atoms with Crippen molar-refractivity contribution in [3.63, 3.8) is 0 Å². The van der Waals surface area contributed by atoms with Crippen LogP contribution >= 0.6 is 0 Å². The molecule has 2 aromatic rings. The molecule has 25 heavy (non-hydrogen) atoms. The lowest BCUT2D eigenvalue weighted by Gasteiger charge is -2.09. The third-order valence-electron chi connectivity index (χ3n) is 3.71. The van der Waals surface area contributed by atoms with Crippen LogP contribution in [0.5, 0.6) is 0 Å². The molecule has 0 aliphatic rings. The van der Waals surface area contributed by atoms with Gasteiger partial charge in [-0.05, 0) is 23.3 Å². The number of hydrogen-bond acceptors (Lipinski definition) is 2. The number of rotatable bonds is 7. The number of benzene rings is 2. The van der Waals surface area contributed by atoms with E-state index in [1.807, 2.05) is 12.1 Å². The van der Waals surface area contributed by atoms with Crippen LogP contribution < -0.4 is 15.5 Å². The summed E-state index contributed by atoms with van der Waals surface area (Å²) in [6.45, 7) is 2.98. The minimum Gasteiger partial charge on any atom is -0.352 e. The van der Waals surface area contributed by atoms with E-state index in [4.69, 9.17) is 0 Å². The van der Waals surface area contributed by atoms with Crippen LogP contribution in [-0.2, 0) is 29.1 Å². The van der Waals surface area contributed by atoms with E-state index in [9.17, 15) is 9.59 Å². The van der Waals surface area contributed by atoms with Gasteiger partial charge in [0.05, 0.1) is 20.5 Å². The number of carbonyl (C=O) groups is 2. The zero-order chi connectivity index (χ0) is 18.2. The summed E-state index contributed by atoms with van der Waals surface area (Å²) in [7, 11) is 4.24. The lowest BCUT2D eigenvalue weighted by atomic mass is 10.1. The molecule has 2 aromatic carbocycles. The quantitative estimate of drug-likeness (QED) is 0.708. The molecule has 0 aromatic heterocycles. The molecule has 0 unspecified atom stereocenters. The van der Waals surface area contributed by atoms with Crippen molar-refractivity contribution in [1.82, 2.24) is 5.32 Å². The van der Waals surface area contributed by atoms with E-state index >= 15 is 0 Å². The first-order valence-corrected chi connectivity index (χ1v) is 8.42. The minimum absolute atomic E-state index is 0.0194. The van der Waals surface area contributed by atoms with Crippen LogP contribution in [0.2, 0.25) is 0 Å². The molecule has 0 bridgehead atoms. The first-order valence-electron chi connectivity index (χ1n) is 8.42. The smallest absolute Gasteiger partial charge is 0.224 e. The second-order valence-corrected chi connectivity index (χ2v) is 6.53. The van der Waals surface area contributed by atoms with Crippen LogP contribution in [0.4, 0.5) is 5.69 Å². The molecule has 0 radical (unpaired) electrons. The Labute approximate surface area is 149 Å². The van der Waals surface area contributed by atoms with Gasteiger partial charge in [-0.1, -0.05) is 36.4 Å². The summed E-state index contributed by atoms with van der Waals surface area (Å²) >= 11 is 0. The van der Waals surface area contributed by atoms with Crippen molar-refractivity contribution in [2.24, 2.45) is 0 Å². The molecule has 0 heterocycles. The summed E-state index contributed by atoms with van der Waals surface area (Å²) in [5.74, 6) is -0.127. The average Bonchev–Trinajstić information content (AvgIpc) is 2.55. The molecule has 5 heteroatoms. The topological polar surface area (TPSA) is 62.6 Å². The van der Waals surface area contributed by atoms with Gasteiger partial charge in [-0.2, -0.15) is 0 Å². The molecule has 0 saturated carbocycles. The molecule has 132 valence electrons. The van der Waals surface area contributed by atoms with Gasteiger partial charge in [0.1, 0.15) is 6.54 Å². The van der Waals surface area contributed by atoms with Crippen LogP contribution in [0.25, 0.3) is 0 Å². The molecule has 0 saturated heterocycles. The SMILES string of the molecule is CC(=O)Nc1ccc(CC(=O)NCc2ccc(C[NH+](C)C)cc2)cc1. The molecule has 0 aliphatic carbocycles. The van der Waals surface area contributed by atoms with Crippen LogP contribution in [0.1, 0.15) is 23.6 Å². The number of amides is 2. The summed E-state index contributed by atoms with van der Waals surface area (Å²) in [6.07, 6.45) is 0.322. The molecule has 3 N–H and O–H groups in total. The average molecular weight is 340 g/mol. The zero-order valence-corrected chi connectivity index (χ0v) is 15.1. The van der Waals surface area contributed by atoms with Gasteiger partial charge in [0, 0.05) is 24.7 Å². The van der Waals surface area contributed by atoms with E-state index in [1.54, 1.807) is 12.1 Å². The lowest BCUT2D eigenvalue weighted by molar-refractivity contribution is -0.872. The normalized spacial score (nSPS) is 10.6. The van der Waals surface area contributed by atoms with Crippen LogP contribution in [0.3, 0.4) is 0 Å². The largest absolute Gasteiger partial charge is 0.352 e. The second-order valence-electron chi connectivity index (χ2n) is 6.53. The van der Waals surface area contributed by atoms with Crippen molar-refractivity contribution in [2.45, 2.75) is 26.4 Å². The highest BCUT2D eigenvalue weighted by Crippen LogP contribution is 2.10. The third-order valence-corrected chi connectivity index (χ3v) is 3.71. The van der Waals surface area contributed by atoms with Gasteiger partial charge in [0.25, 0.3) is 0 Å². The van der Waals surface area contributed by atoms with Crippen LogP contribution in [0.15, 0.2) is 48.5 Å². The fourth-order valence-electron chi connectivity index (χ4n) is 2.54. The van der Waals surface area contributed by atoms with Gasteiger partial charge >= 0.3 is 0 Å². The third kappa shape index (κ3) is 6.77. The Morgan fingerprint density at radius 2 is 1.44 bits per heavy atom. The fourth-order valence-corrected chi connectivity index (χ4v) is 2.54. The van der Waals surface area contributed by atoms with E-state index in [0.717, 1.165) is 23.4 Å². The molecular formula is C20H26N3O2+. The first kappa shape index (κ1) is 18.7. The Morgan fingerprint density at radius 3 is 2.00 bits per heavy atom. The Hall–Kier alpha value is -2.66. The number of anilines is 1. The summed E-state index contributed by atoms with van der Waals surface area (Å²) in [5.41, 5.74) is 4.02. The van der Waals surface area contributed by atoms with Gasteiger partial charge in [-0.3, -0.25) is 9.59 Å². The van der Waals surface area contributed by atoms with E-state index < -0.39 is 0 Å². The number of carbonyl (C=O) groups excluding carboxylic acids is 2. The van der Waals surface area contributed by atoms with Crippen LogP contribution in [-0.4, -0.2) is 25.9 Å². The highest BCUT2D eigenvalue weighted by atomic mass is 16.2. The van der Waals surface area contributed by atoms with Crippen molar-refractivity contribution in [2.75, 3.05) is 19.4 Å². The van der Waals surface area contributed by atoms with Crippen molar-refractivity contribution in [3.8, 4) is 0 Å². The number of quaternary nitrogens is 1. The van der Waals surface area contributed by atoms with E-state index in [1.165, 1.54) is 17.4 Å². The molecular weight excluding hydrogens is 314 g/mol. The predicted molar refractivity (Wildman–Crippen MR) is 99.3 cm³/mol. The van der Waals surface area contributed by atoms with Crippen molar-refractivity contribution >= 4 is 17.5 Å². The second kappa shape index (κ2) is 8.99. The van der Waals surface area contributed by atoms with Gasteiger partial charge < -0.3 is 15.5 Å². The summed E-state index contributed by atoms with van der Waals surface area (Å²) < 4.78 is 0. The standard InChI is InChI=1S/C20H25N3O2/c1-15(24)22-19-10-8-16(9-11-19)12-20(25)21-13-17-4-6-18(7-5-17)14-23(2)3/h4-11H,12-14H2,1-3H3,(H,21,25)(H,22,24)/p+1. The van der Waals surface area contributed by atoms with Crippen molar-refractivity contribution < 1.29 is 14.5 Å². The highest BCUT2D eigenvalue weighted by molar-refractivity contribution is 5.88. The molecule has 5 nitrogen and oxygen atoms in total. The van der Waals surface area contributed by atoms with Gasteiger partial charge in [0.2, 0.25) is 11.8 Å². The monoisotopic (exact) mass is 340 g/mol. The highest BCUT2D eigenvalue weighted by Gasteiger charge is 2.05. The number of hydrogen-bond donors (Lipinski definition) is 3. The van der Waals surface area contributed by atoms with E-state index in [2.05, 4.69) is 49.0 Å². The molecule has 0 aliphatic heterocycles. The maximum Gasteiger partial charge on any atom is 0.224 e. The Balaban J connectivity index is 1.81. The van der Waals surface area contributed by atoms with E-state index in [-0.39, 0.29) is 11.8 Å². The maximum absolute atomic E-state index is 12.1. The number of nitrogens with one attached hydrogen (secondary N) is 3. The summed E-state index contributed by atoms with van der Waals surface area (Å²) in [4.78, 5) is 24.4. The molecule has 0 fully saturated rings. The lowest BCUT2D eigenvalue weighted by Crippen LogP contribution is -3.04. The van der Waals surface area contributed by atoms with E-state index in [0.29, 0.717) is 13.0 Å². The predicted octanol–water partition coefficient (Wildman–Crippen LogP) is 1.15. The van der Waals surface area contributed by atoms with Crippen molar-refractivity contribution in [1.29, 1.82) is 0 Å². The van der Waals surface area contributed by atoms with Crippen molar-refractivity contribution in [3.05, 3.63) is 65.2 Å². The minimum atomic E-state index is -0.108. The van der Waals surface area contributed by atoms with Gasteiger partial charge in [-0.15, -0.1) is 0 Å². The first-order chi connectivity index (χ1) is 11.9. The Bertz CT molecular complexity index is 707. The molecule has 2 rings (SSSR count). The maximum atomic E-state index is 12.1. The van der Waals surface area contributed by atoms with Gasteiger partial charge in [0.15, 0.2) is 0 Å². The molecule has 0 atom stereocenters. The van der Waals surface area contributed by atoms with Crippen LogP contribution in [0, 0.1) is 0 Å².